The first-order chi connectivity index (χ1) is 8.49. The Morgan fingerprint density at radius 1 is 1.33 bits per heavy atom. The average Bonchev–Trinajstić information content (AvgIpc) is 2.67. The van der Waals surface area contributed by atoms with Gasteiger partial charge in [0.15, 0.2) is 0 Å². The summed E-state index contributed by atoms with van der Waals surface area (Å²) in [6.45, 7) is 1.94. The fourth-order valence-corrected chi connectivity index (χ4v) is 1.94. The van der Waals surface area contributed by atoms with Crippen molar-refractivity contribution in [3.63, 3.8) is 0 Å². The summed E-state index contributed by atoms with van der Waals surface area (Å²) in [6.07, 6.45) is 0.0626. The molecule has 1 aliphatic carbocycles. The molecule has 0 radical (unpaired) electrons. The first-order valence-electron chi connectivity index (χ1n) is 5.31. The van der Waals surface area contributed by atoms with Crippen LogP contribution in [0.25, 0.3) is 5.57 Å². The predicted molar refractivity (Wildman–Crippen MR) is 65.5 cm³/mol. The molecular formula is C12H12N2O4. The molecule has 0 spiro atoms. The largest absolute Gasteiger partial charge is 0.464 e. The summed E-state index contributed by atoms with van der Waals surface area (Å²) < 4.78 is 0. The Bertz CT molecular complexity index is 551. The number of fused-ring (bicyclic) bond motifs is 1. The highest BCUT2D eigenvalue weighted by molar-refractivity contribution is 5.90. The third kappa shape index (κ3) is 2.13. The van der Waals surface area contributed by atoms with Crippen LogP contribution in [-0.4, -0.2) is 22.4 Å². The van der Waals surface area contributed by atoms with Crippen LogP contribution in [0.15, 0.2) is 24.3 Å². The zero-order valence-electron chi connectivity index (χ0n) is 9.67. The summed E-state index contributed by atoms with van der Waals surface area (Å²) in [7, 11) is 0. The average molecular weight is 248 g/mol. The Labute approximate surface area is 103 Å². The number of hydrazine groups is 1. The van der Waals surface area contributed by atoms with Crippen LogP contribution in [0.5, 0.6) is 0 Å². The summed E-state index contributed by atoms with van der Waals surface area (Å²) in [4.78, 5) is 21.6. The van der Waals surface area contributed by atoms with Gasteiger partial charge < -0.3 is 10.2 Å². The molecule has 0 aliphatic heterocycles. The number of carboxylic acid groups (broad SMARTS) is 2. The van der Waals surface area contributed by atoms with Crippen molar-refractivity contribution in [1.29, 1.82) is 0 Å². The first kappa shape index (κ1) is 12.0. The van der Waals surface area contributed by atoms with Crippen LogP contribution in [0, 0.1) is 0 Å². The standard InChI is InChI=1S/C12H12N2O4/c1-7-2-3-8-4-5-9(6-10(7)8)14(12(17)18)13-11(15)16/h2,4-6,13H,3H2,1H3,(H,15,16)(H,17,18). The molecular weight excluding hydrogens is 236 g/mol. The highest BCUT2D eigenvalue weighted by Gasteiger charge is 2.19. The van der Waals surface area contributed by atoms with Crippen molar-refractivity contribution < 1.29 is 19.8 Å². The summed E-state index contributed by atoms with van der Waals surface area (Å²) in [5.41, 5.74) is 5.23. The van der Waals surface area contributed by atoms with Crippen molar-refractivity contribution in [2.24, 2.45) is 0 Å². The Kier molecular flexibility index (Phi) is 2.93. The maximum atomic E-state index is 11.0. The number of rotatable bonds is 1. The Morgan fingerprint density at radius 2 is 2.06 bits per heavy atom. The molecule has 0 bridgehead atoms. The number of amides is 2. The summed E-state index contributed by atoms with van der Waals surface area (Å²) in [5.74, 6) is 0. The smallest absolute Gasteiger partial charge is 0.431 e. The third-order valence-electron chi connectivity index (χ3n) is 2.80. The van der Waals surface area contributed by atoms with Crippen LogP contribution in [0.3, 0.4) is 0 Å². The molecule has 3 N–H and O–H groups in total. The van der Waals surface area contributed by atoms with E-state index in [1.807, 2.05) is 18.4 Å². The SMILES string of the molecule is CC1=CCc2ccc(N(NC(=O)O)C(=O)O)cc21. The summed E-state index contributed by atoms with van der Waals surface area (Å²) in [5, 5.41) is 18.2. The summed E-state index contributed by atoms with van der Waals surface area (Å²) >= 11 is 0. The first-order valence-corrected chi connectivity index (χ1v) is 5.31. The Balaban J connectivity index is 2.37. The lowest BCUT2D eigenvalue weighted by atomic mass is 10.1. The van der Waals surface area contributed by atoms with Crippen molar-refractivity contribution >= 4 is 23.4 Å². The van der Waals surface area contributed by atoms with E-state index in [1.165, 1.54) is 0 Å². The van der Waals surface area contributed by atoms with Crippen LogP contribution in [0.1, 0.15) is 18.1 Å². The molecule has 18 heavy (non-hydrogen) atoms. The second-order valence-electron chi connectivity index (χ2n) is 3.97. The molecule has 1 aliphatic rings. The molecule has 0 unspecified atom stereocenters. The quantitative estimate of drug-likeness (QED) is 0.665. The van der Waals surface area contributed by atoms with E-state index >= 15 is 0 Å². The number of benzene rings is 1. The molecule has 1 aromatic rings. The molecule has 2 amide bonds. The highest BCUT2D eigenvalue weighted by atomic mass is 16.4. The van der Waals surface area contributed by atoms with Gasteiger partial charge in [0, 0.05) is 0 Å². The van der Waals surface area contributed by atoms with Crippen molar-refractivity contribution in [2.45, 2.75) is 13.3 Å². The minimum absolute atomic E-state index is 0.276. The van der Waals surface area contributed by atoms with E-state index in [0.29, 0.717) is 5.01 Å². The molecule has 0 fully saturated rings. The zero-order valence-corrected chi connectivity index (χ0v) is 9.67. The van der Waals surface area contributed by atoms with E-state index in [0.717, 1.165) is 23.1 Å². The molecule has 2 rings (SSSR count). The molecule has 6 heteroatoms. The van der Waals surface area contributed by atoms with Crippen LogP contribution < -0.4 is 10.4 Å². The van der Waals surface area contributed by atoms with Gasteiger partial charge in [-0.05, 0) is 42.2 Å². The molecule has 0 heterocycles. The van der Waals surface area contributed by atoms with Gasteiger partial charge in [-0.15, -0.1) is 0 Å². The number of hydrogen-bond acceptors (Lipinski definition) is 2. The Hall–Kier alpha value is -2.50. The van der Waals surface area contributed by atoms with Crippen LogP contribution in [-0.2, 0) is 6.42 Å². The maximum absolute atomic E-state index is 11.0. The molecule has 0 saturated heterocycles. The van der Waals surface area contributed by atoms with E-state index in [4.69, 9.17) is 10.2 Å². The van der Waals surface area contributed by atoms with Gasteiger partial charge in [0.2, 0.25) is 0 Å². The number of anilines is 1. The molecule has 0 saturated carbocycles. The third-order valence-corrected chi connectivity index (χ3v) is 2.80. The minimum atomic E-state index is -1.43. The highest BCUT2D eigenvalue weighted by Crippen LogP contribution is 2.30. The number of nitrogens with zero attached hydrogens (tertiary/aromatic N) is 1. The van der Waals surface area contributed by atoms with E-state index in [2.05, 4.69) is 0 Å². The molecule has 6 nitrogen and oxygen atoms in total. The van der Waals surface area contributed by atoms with Crippen LogP contribution >= 0.6 is 0 Å². The zero-order chi connectivity index (χ0) is 13.3. The van der Waals surface area contributed by atoms with Gasteiger partial charge in [0.1, 0.15) is 0 Å². The monoisotopic (exact) mass is 248 g/mol. The number of hydrogen-bond donors (Lipinski definition) is 3. The summed E-state index contributed by atoms with van der Waals surface area (Å²) in [6, 6.07) is 5.05. The van der Waals surface area contributed by atoms with Crippen molar-refractivity contribution in [1.82, 2.24) is 5.43 Å². The normalized spacial score (nSPS) is 12.6. The van der Waals surface area contributed by atoms with Crippen LogP contribution in [0.4, 0.5) is 15.3 Å². The number of allylic oxidation sites excluding steroid dienone is 2. The second kappa shape index (κ2) is 4.40. The van der Waals surface area contributed by atoms with Gasteiger partial charge in [-0.1, -0.05) is 12.1 Å². The van der Waals surface area contributed by atoms with E-state index in [9.17, 15) is 9.59 Å². The van der Waals surface area contributed by atoms with E-state index in [1.54, 1.807) is 18.2 Å². The maximum Gasteiger partial charge on any atom is 0.431 e. The molecule has 94 valence electrons. The van der Waals surface area contributed by atoms with Gasteiger partial charge in [-0.25, -0.2) is 15.0 Å². The van der Waals surface area contributed by atoms with Gasteiger partial charge in [0.25, 0.3) is 0 Å². The van der Waals surface area contributed by atoms with Gasteiger partial charge in [-0.3, -0.25) is 0 Å². The molecule has 0 atom stereocenters. The fourth-order valence-electron chi connectivity index (χ4n) is 1.94. The van der Waals surface area contributed by atoms with Crippen LogP contribution in [0.2, 0.25) is 0 Å². The number of nitrogens with one attached hydrogen (secondary N) is 1. The molecule has 1 aromatic carbocycles. The topological polar surface area (TPSA) is 89.9 Å². The lowest BCUT2D eigenvalue weighted by Gasteiger charge is -2.19. The predicted octanol–water partition coefficient (Wildman–Crippen LogP) is 2.31. The molecule has 0 aromatic heterocycles. The van der Waals surface area contributed by atoms with Crippen molar-refractivity contribution in [3.8, 4) is 0 Å². The Morgan fingerprint density at radius 3 is 2.67 bits per heavy atom. The van der Waals surface area contributed by atoms with Gasteiger partial charge in [-0.2, -0.15) is 5.01 Å². The number of carbonyl (C=O) groups is 2. The van der Waals surface area contributed by atoms with E-state index in [-0.39, 0.29) is 5.69 Å². The lowest BCUT2D eigenvalue weighted by molar-refractivity contribution is 0.181. The van der Waals surface area contributed by atoms with Crippen molar-refractivity contribution in [3.05, 3.63) is 35.4 Å². The van der Waals surface area contributed by atoms with Gasteiger partial charge in [0.05, 0.1) is 5.69 Å². The van der Waals surface area contributed by atoms with Gasteiger partial charge >= 0.3 is 12.2 Å². The minimum Gasteiger partial charge on any atom is -0.464 e. The van der Waals surface area contributed by atoms with E-state index < -0.39 is 12.2 Å². The second-order valence-corrected chi connectivity index (χ2v) is 3.97. The van der Waals surface area contributed by atoms with Crippen molar-refractivity contribution in [2.75, 3.05) is 5.01 Å². The lowest BCUT2D eigenvalue weighted by Crippen LogP contribution is -2.45. The fraction of sp³-hybridized carbons (Fsp3) is 0.167.